The zero-order valence-corrected chi connectivity index (χ0v) is 21.7. The fraction of sp³-hybridized carbons (Fsp3) is 0.542. The van der Waals surface area contributed by atoms with Gasteiger partial charge in [-0.15, -0.1) is 11.3 Å². The number of nitrogens with zero attached hydrogens (tertiary/aromatic N) is 2. The van der Waals surface area contributed by atoms with Crippen LogP contribution in [0.1, 0.15) is 47.3 Å². The molecule has 186 valence electrons. The Morgan fingerprint density at radius 1 is 1.00 bits per heavy atom. The number of likely N-dealkylation sites (tertiary alicyclic amines) is 1. The molecule has 2 saturated heterocycles. The maximum Gasteiger partial charge on any atom is 0.252 e. The van der Waals surface area contributed by atoms with Crippen molar-refractivity contribution in [3.63, 3.8) is 0 Å². The zero-order valence-electron chi connectivity index (χ0n) is 19.3. The molecule has 0 spiro atoms. The van der Waals surface area contributed by atoms with Crippen molar-refractivity contribution in [3.05, 3.63) is 51.9 Å². The molecular weight excluding hydrogens is 492 g/mol. The monoisotopic (exact) mass is 524 g/mol. The minimum Gasteiger partial charge on any atom is -0.347 e. The first kappa shape index (κ1) is 25.6. The smallest absolute Gasteiger partial charge is 0.252 e. The zero-order chi connectivity index (χ0) is 24.0. The van der Waals surface area contributed by atoms with Crippen LogP contribution in [0.4, 0.5) is 0 Å². The molecule has 0 bridgehead atoms. The highest BCUT2D eigenvalue weighted by Crippen LogP contribution is 2.27. The van der Waals surface area contributed by atoms with Gasteiger partial charge in [0.05, 0.1) is 6.54 Å². The molecule has 34 heavy (non-hydrogen) atoms. The first-order chi connectivity index (χ1) is 16.4. The first-order valence-electron chi connectivity index (χ1n) is 12.0. The molecule has 0 radical (unpaired) electrons. The second kappa shape index (κ2) is 12.0. The van der Waals surface area contributed by atoms with E-state index in [1.54, 1.807) is 40.7 Å². The summed E-state index contributed by atoms with van der Waals surface area (Å²) in [6.45, 7) is 5.79. The molecule has 0 unspecified atom stereocenters. The van der Waals surface area contributed by atoms with Crippen molar-refractivity contribution < 1.29 is 13.2 Å². The molecule has 2 fully saturated rings. The third-order valence-electron chi connectivity index (χ3n) is 6.52. The highest BCUT2D eigenvalue weighted by Gasteiger charge is 2.30. The SMILES string of the molecule is O=C(NCc1ccc(S(=O)(=O)N2CCC(NCCN3CCCCC3)CC2)s1)c1ccc(Cl)cc1. The highest BCUT2D eigenvalue weighted by molar-refractivity contribution is 7.91. The van der Waals surface area contributed by atoms with Gasteiger partial charge in [0.15, 0.2) is 0 Å². The molecule has 0 atom stereocenters. The minimum atomic E-state index is -3.51. The molecule has 2 aliphatic heterocycles. The lowest BCUT2D eigenvalue weighted by Crippen LogP contribution is -2.46. The number of nitrogens with one attached hydrogen (secondary N) is 2. The second-order valence-electron chi connectivity index (χ2n) is 8.95. The number of sulfonamides is 1. The molecular formula is C24H33ClN4O3S2. The molecule has 7 nitrogen and oxygen atoms in total. The van der Waals surface area contributed by atoms with Crippen LogP contribution >= 0.6 is 22.9 Å². The maximum absolute atomic E-state index is 13.1. The van der Waals surface area contributed by atoms with Crippen molar-refractivity contribution in [3.8, 4) is 0 Å². The van der Waals surface area contributed by atoms with Gasteiger partial charge in [-0.25, -0.2) is 8.42 Å². The van der Waals surface area contributed by atoms with Crippen molar-refractivity contribution in [1.82, 2.24) is 19.8 Å². The summed E-state index contributed by atoms with van der Waals surface area (Å²) in [5.74, 6) is -0.218. The van der Waals surface area contributed by atoms with E-state index in [0.717, 1.165) is 30.8 Å². The summed E-state index contributed by atoms with van der Waals surface area (Å²) >= 11 is 7.08. The summed E-state index contributed by atoms with van der Waals surface area (Å²) in [7, 11) is -3.51. The summed E-state index contributed by atoms with van der Waals surface area (Å²) in [5, 5.41) is 7.03. The predicted octanol–water partition coefficient (Wildman–Crippen LogP) is 3.56. The molecule has 2 aromatic rings. The lowest BCUT2D eigenvalue weighted by atomic mass is 10.1. The number of halogens is 1. The number of rotatable bonds is 9. The fourth-order valence-corrected chi connectivity index (χ4v) is 7.55. The number of piperidine rings is 2. The highest BCUT2D eigenvalue weighted by atomic mass is 35.5. The molecule has 4 rings (SSSR count). The van der Waals surface area contributed by atoms with Crippen LogP contribution in [0.15, 0.2) is 40.6 Å². The number of thiophene rings is 1. The van der Waals surface area contributed by atoms with Gasteiger partial charge in [0.25, 0.3) is 15.9 Å². The maximum atomic E-state index is 13.1. The molecule has 3 heterocycles. The van der Waals surface area contributed by atoms with Crippen LogP contribution < -0.4 is 10.6 Å². The van der Waals surface area contributed by atoms with Crippen LogP contribution in [-0.4, -0.2) is 68.8 Å². The number of benzene rings is 1. The largest absolute Gasteiger partial charge is 0.347 e. The Labute approximate surface area is 211 Å². The van der Waals surface area contributed by atoms with Crippen molar-refractivity contribution in [2.75, 3.05) is 39.3 Å². The van der Waals surface area contributed by atoms with E-state index < -0.39 is 10.0 Å². The normalized spacial score (nSPS) is 18.7. The molecule has 10 heteroatoms. The Kier molecular flexibility index (Phi) is 9.01. The van der Waals surface area contributed by atoms with Gasteiger partial charge in [-0.05, 0) is 75.2 Å². The van der Waals surface area contributed by atoms with Crippen molar-refractivity contribution in [2.45, 2.75) is 48.9 Å². The van der Waals surface area contributed by atoms with Crippen LogP contribution in [0.2, 0.25) is 5.02 Å². The fourth-order valence-electron chi connectivity index (χ4n) is 4.50. The molecule has 1 aromatic carbocycles. The Bertz CT molecular complexity index is 1040. The Balaban J connectivity index is 1.22. The predicted molar refractivity (Wildman–Crippen MR) is 137 cm³/mol. The standard InChI is InChI=1S/C24H33ClN4O3S2/c25-20-6-4-19(5-7-20)24(30)27-18-22-8-9-23(33-22)34(31,32)29-15-10-21(11-16-29)26-12-17-28-13-2-1-3-14-28/h4-9,21,26H,1-3,10-18H2,(H,27,30). The number of hydrogen-bond acceptors (Lipinski definition) is 6. The molecule has 0 aliphatic carbocycles. The summed E-state index contributed by atoms with van der Waals surface area (Å²) in [6.07, 6.45) is 5.61. The summed E-state index contributed by atoms with van der Waals surface area (Å²) in [5.41, 5.74) is 0.515. The Morgan fingerprint density at radius 2 is 1.71 bits per heavy atom. The number of carbonyl (C=O) groups excluding carboxylic acids is 1. The number of carbonyl (C=O) groups is 1. The number of amides is 1. The van der Waals surface area contributed by atoms with Gasteiger partial charge in [-0.1, -0.05) is 18.0 Å². The third kappa shape index (κ3) is 6.80. The van der Waals surface area contributed by atoms with E-state index in [1.807, 2.05) is 0 Å². The minimum absolute atomic E-state index is 0.218. The van der Waals surface area contributed by atoms with Gasteiger partial charge in [0, 0.05) is 47.7 Å². The topological polar surface area (TPSA) is 81.8 Å². The second-order valence-corrected chi connectivity index (χ2v) is 12.7. The van der Waals surface area contributed by atoms with E-state index in [0.29, 0.717) is 33.9 Å². The van der Waals surface area contributed by atoms with E-state index >= 15 is 0 Å². The summed E-state index contributed by atoms with van der Waals surface area (Å²) in [4.78, 5) is 15.6. The van der Waals surface area contributed by atoms with Crippen LogP contribution in [0.3, 0.4) is 0 Å². The Morgan fingerprint density at radius 3 is 2.41 bits per heavy atom. The molecule has 2 N–H and O–H groups in total. The lowest BCUT2D eigenvalue weighted by Gasteiger charge is -2.32. The van der Waals surface area contributed by atoms with Crippen LogP contribution in [-0.2, 0) is 16.6 Å². The van der Waals surface area contributed by atoms with Crippen molar-refractivity contribution >= 4 is 38.9 Å². The lowest BCUT2D eigenvalue weighted by molar-refractivity contribution is 0.0951. The molecule has 2 aliphatic rings. The molecule has 1 aromatic heterocycles. The van der Waals surface area contributed by atoms with Crippen LogP contribution in [0, 0.1) is 0 Å². The van der Waals surface area contributed by atoms with Crippen molar-refractivity contribution in [2.24, 2.45) is 0 Å². The van der Waals surface area contributed by atoms with E-state index in [-0.39, 0.29) is 12.5 Å². The number of hydrogen-bond donors (Lipinski definition) is 2. The Hall–Kier alpha value is -1.49. The summed E-state index contributed by atoms with van der Waals surface area (Å²) < 4.78 is 28.2. The quantitative estimate of drug-likeness (QED) is 0.524. The average Bonchev–Trinajstić information content (AvgIpc) is 3.34. The van der Waals surface area contributed by atoms with Gasteiger partial charge >= 0.3 is 0 Å². The van der Waals surface area contributed by atoms with E-state index in [1.165, 1.54) is 43.7 Å². The van der Waals surface area contributed by atoms with Crippen LogP contribution in [0.5, 0.6) is 0 Å². The average molecular weight is 525 g/mol. The van der Waals surface area contributed by atoms with Gasteiger partial charge in [-0.3, -0.25) is 4.79 Å². The summed E-state index contributed by atoms with van der Waals surface area (Å²) in [6, 6.07) is 10.4. The van der Waals surface area contributed by atoms with E-state index in [4.69, 9.17) is 11.6 Å². The van der Waals surface area contributed by atoms with Gasteiger partial charge < -0.3 is 15.5 Å². The van der Waals surface area contributed by atoms with E-state index in [2.05, 4.69) is 15.5 Å². The molecule has 0 saturated carbocycles. The molecule has 1 amide bonds. The van der Waals surface area contributed by atoms with Gasteiger partial charge in [-0.2, -0.15) is 4.31 Å². The first-order valence-corrected chi connectivity index (χ1v) is 14.6. The van der Waals surface area contributed by atoms with Crippen molar-refractivity contribution in [1.29, 1.82) is 0 Å². The van der Waals surface area contributed by atoms with Gasteiger partial charge in [0.2, 0.25) is 0 Å². The van der Waals surface area contributed by atoms with Gasteiger partial charge in [0.1, 0.15) is 4.21 Å². The third-order valence-corrected chi connectivity index (χ3v) is 10.2. The van der Waals surface area contributed by atoms with E-state index in [9.17, 15) is 13.2 Å². The van der Waals surface area contributed by atoms with Crippen LogP contribution in [0.25, 0.3) is 0 Å².